The van der Waals surface area contributed by atoms with Crippen LogP contribution in [0.3, 0.4) is 0 Å². The van der Waals surface area contributed by atoms with Gasteiger partial charge in [-0.25, -0.2) is 0 Å². The summed E-state index contributed by atoms with van der Waals surface area (Å²) in [4.78, 5) is 24.5. The molecule has 4 aliphatic rings. The number of hydrogen-bond acceptors (Lipinski definition) is 4. The highest BCUT2D eigenvalue weighted by Crippen LogP contribution is 2.72. The van der Waals surface area contributed by atoms with Crippen molar-refractivity contribution in [3.63, 3.8) is 0 Å². The maximum atomic E-state index is 12.7. The second kappa shape index (κ2) is 9.78. The van der Waals surface area contributed by atoms with Crippen molar-refractivity contribution in [1.82, 2.24) is 0 Å². The predicted molar refractivity (Wildman–Crippen MR) is 150 cm³/mol. The van der Waals surface area contributed by atoms with E-state index in [9.17, 15) is 19.8 Å². The Labute approximate surface area is 230 Å². The van der Waals surface area contributed by atoms with E-state index in [1.54, 1.807) is 5.57 Å². The molecule has 0 aromatic rings. The first-order valence-electron chi connectivity index (χ1n) is 15.0. The Kier molecular flexibility index (Phi) is 7.56. The Hall–Kier alpha value is -1.62. The molecule has 5 heteroatoms. The van der Waals surface area contributed by atoms with Gasteiger partial charge in [-0.05, 0) is 92.8 Å². The molecule has 0 heterocycles. The summed E-state index contributed by atoms with van der Waals surface area (Å²) >= 11 is 0. The van der Waals surface area contributed by atoms with E-state index in [2.05, 4.69) is 48.1 Å². The predicted octanol–water partition coefficient (Wildman–Crippen LogP) is 7.33. The fourth-order valence-electron chi connectivity index (χ4n) is 10.0. The van der Waals surface area contributed by atoms with Crippen molar-refractivity contribution < 1.29 is 24.5 Å². The van der Waals surface area contributed by atoms with Gasteiger partial charge in [-0.2, -0.15) is 0 Å². The van der Waals surface area contributed by atoms with Gasteiger partial charge in [0, 0.05) is 18.3 Å². The first-order valence-corrected chi connectivity index (χ1v) is 15.0. The van der Waals surface area contributed by atoms with Crippen LogP contribution in [0.2, 0.25) is 0 Å². The standard InChI is InChI=1S/C33H52O5/c1-19(2)20(3)10-11-22(29(36)37)28-25(35)18-33(9)24-12-13-26-30(5,6)27(38-21(4)34)15-16-31(26,7)23(24)14-17-32(28,33)8/h20,22,25-28,35H,1,10-18H2,2-9H3,(H,36,37)/t20?,22-,25-,26+,27+,28+,31-,32-,33+/m1/s1. The van der Waals surface area contributed by atoms with Crippen LogP contribution in [0.4, 0.5) is 0 Å². The Bertz CT molecular complexity index is 1020. The minimum atomic E-state index is -0.769. The van der Waals surface area contributed by atoms with Crippen LogP contribution in [0.1, 0.15) is 113 Å². The van der Waals surface area contributed by atoms with Crippen LogP contribution in [-0.2, 0) is 14.3 Å². The van der Waals surface area contributed by atoms with E-state index >= 15 is 0 Å². The van der Waals surface area contributed by atoms with Crippen molar-refractivity contribution in [2.24, 2.45) is 45.3 Å². The summed E-state index contributed by atoms with van der Waals surface area (Å²) < 4.78 is 5.82. The first kappa shape index (κ1) is 29.4. The lowest BCUT2D eigenvalue weighted by atomic mass is 9.43. The average Bonchev–Trinajstić information content (AvgIpc) is 3.01. The number of esters is 1. The number of aliphatic hydroxyl groups excluding tert-OH is 1. The molecule has 0 aromatic heterocycles. The highest BCUT2D eigenvalue weighted by molar-refractivity contribution is 5.71. The Morgan fingerprint density at radius 1 is 1.03 bits per heavy atom. The molecule has 2 saturated carbocycles. The second-order valence-electron chi connectivity index (χ2n) is 14.7. The van der Waals surface area contributed by atoms with Crippen molar-refractivity contribution in [2.45, 2.75) is 125 Å². The van der Waals surface area contributed by atoms with Gasteiger partial charge in [-0.1, -0.05) is 64.8 Å². The number of fused-ring (bicyclic) bond motifs is 4. The minimum absolute atomic E-state index is 0.0459. The molecule has 0 radical (unpaired) electrons. The number of ether oxygens (including phenoxy) is 1. The molecule has 214 valence electrons. The van der Waals surface area contributed by atoms with Crippen LogP contribution >= 0.6 is 0 Å². The average molecular weight is 529 g/mol. The molecule has 0 aromatic carbocycles. The molecular weight excluding hydrogens is 476 g/mol. The molecule has 38 heavy (non-hydrogen) atoms. The van der Waals surface area contributed by atoms with E-state index in [0.717, 1.165) is 50.5 Å². The van der Waals surface area contributed by atoms with Crippen molar-refractivity contribution in [1.29, 1.82) is 0 Å². The van der Waals surface area contributed by atoms with Gasteiger partial charge in [0.15, 0.2) is 0 Å². The maximum Gasteiger partial charge on any atom is 0.306 e. The number of aliphatic carboxylic acids is 1. The van der Waals surface area contributed by atoms with E-state index in [1.165, 1.54) is 12.5 Å². The molecule has 0 spiro atoms. The van der Waals surface area contributed by atoms with E-state index in [0.29, 0.717) is 18.8 Å². The number of carboxylic acids is 1. The number of carbonyl (C=O) groups is 2. The molecule has 5 nitrogen and oxygen atoms in total. The molecule has 4 rings (SSSR count). The monoisotopic (exact) mass is 528 g/mol. The third-order valence-electron chi connectivity index (χ3n) is 12.6. The van der Waals surface area contributed by atoms with Gasteiger partial charge in [-0.15, -0.1) is 0 Å². The van der Waals surface area contributed by atoms with Gasteiger partial charge in [-0.3, -0.25) is 9.59 Å². The van der Waals surface area contributed by atoms with Crippen molar-refractivity contribution in [2.75, 3.05) is 0 Å². The Morgan fingerprint density at radius 2 is 1.68 bits per heavy atom. The van der Waals surface area contributed by atoms with Gasteiger partial charge < -0.3 is 14.9 Å². The van der Waals surface area contributed by atoms with Crippen LogP contribution in [-0.4, -0.2) is 34.4 Å². The zero-order chi connectivity index (χ0) is 28.4. The van der Waals surface area contributed by atoms with Gasteiger partial charge in [0.25, 0.3) is 0 Å². The molecule has 2 N–H and O–H groups in total. The topological polar surface area (TPSA) is 83.8 Å². The zero-order valence-electron chi connectivity index (χ0n) is 25.2. The third kappa shape index (κ3) is 4.30. The number of carboxylic acid groups (broad SMARTS) is 1. The quantitative estimate of drug-likeness (QED) is 0.267. The molecule has 0 aliphatic heterocycles. The molecule has 9 atom stereocenters. The Morgan fingerprint density at radius 3 is 2.26 bits per heavy atom. The minimum Gasteiger partial charge on any atom is -0.481 e. The Balaban J connectivity index is 1.69. The summed E-state index contributed by atoms with van der Waals surface area (Å²) in [6, 6.07) is 0. The van der Waals surface area contributed by atoms with E-state index < -0.39 is 18.0 Å². The van der Waals surface area contributed by atoms with E-state index in [4.69, 9.17) is 4.74 Å². The third-order valence-corrected chi connectivity index (χ3v) is 12.6. The van der Waals surface area contributed by atoms with E-state index in [1.807, 2.05) is 6.92 Å². The maximum absolute atomic E-state index is 12.7. The summed E-state index contributed by atoms with van der Waals surface area (Å²) in [5, 5.41) is 22.0. The lowest BCUT2D eigenvalue weighted by molar-refractivity contribution is -0.167. The zero-order valence-corrected chi connectivity index (χ0v) is 25.2. The molecule has 4 aliphatic carbocycles. The highest BCUT2D eigenvalue weighted by atomic mass is 16.5. The van der Waals surface area contributed by atoms with Crippen molar-refractivity contribution in [3.8, 4) is 0 Å². The fourth-order valence-corrected chi connectivity index (χ4v) is 10.0. The first-order chi connectivity index (χ1) is 17.5. The normalized spacial score (nSPS) is 41.4. The largest absolute Gasteiger partial charge is 0.481 e. The molecule has 1 unspecified atom stereocenters. The van der Waals surface area contributed by atoms with Crippen LogP contribution in [0.25, 0.3) is 0 Å². The van der Waals surface area contributed by atoms with Gasteiger partial charge >= 0.3 is 11.9 Å². The van der Waals surface area contributed by atoms with Crippen LogP contribution < -0.4 is 0 Å². The molecule has 0 amide bonds. The lowest BCUT2D eigenvalue weighted by Crippen LogP contribution is -2.56. The molecule has 2 fully saturated rings. The van der Waals surface area contributed by atoms with Crippen molar-refractivity contribution >= 4 is 11.9 Å². The highest BCUT2D eigenvalue weighted by Gasteiger charge is 2.66. The summed E-state index contributed by atoms with van der Waals surface area (Å²) in [7, 11) is 0. The number of carbonyl (C=O) groups excluding carboxylic acids is 1. The number of aliphatic hydroxyl groups is 1. The van der Waals surface area contributed by atoms with Crippen LogP contribution in [0.15, 0.2) is 23.3 Å². The summed E-state index contributed by atoms with van der Waals surface area (Å²) in [5.41, 5.74) is 3.64. The lowest BCUT2D eigenvalue weighted by Gasteiger charge is -2.62. The number of hydrogen-bond donors (Lipinski definition) is 2. The second-order valence-corrected chi connectivity index (χ2v) is 14.7. The summed E-state index contributed by atoms with van der Waals surface area (Å²) in [6.07, 6.45) is 7.15. The van der Waals surface area contributed by atoms with E-state index in [-0.39, 0.29) is 45.6 Å². The molecular formula is C33H52O5. The smallest absolute Gasteiger partial charge is 0.306 e. The molecule has 0 saturated heterocycles. The van der Waals surface area contributed by atoms with Crippen LogP contribution in [0.5, 0.6) is 0 Å². The van der Waals surface area contributed by atoms with Gasteiger partial charge in [0.05, 0.1) is 12.0 Å². The van der Waals surface area contributed by atoms with Crippen LogP contribution in [0, 0.1) is 45.3 Å². The fraction of sp³-hybridized carbons (Fsp3) is 0.818. The summed E-state index contributed by atoms with van der Waals surface area (Å²) in [6.45, 7) is 21.3. The molecule has 0 bridgehead atoms. The van der Waals surface area contributed by atoms with Crippen molar-refractivity contribution in [3.05, 3.63) is 23.3 Å². The summed E-state index contributed by atoms with van der Waals surface area (Å²) in [5.74, 6) is -1.06. The SMILES string of the molecule is C=C(C)C(C)CC[C@@H](C(=O)O)[C@H]1[C@H](O)C[C@@]2(C)C3=C(CC[C@]12C)[C@@]1(C)CC[C@H](OC(C)=O)C(C)(C)[C@@H]1CC3. The number of allylic oxidation sites excluding steroid dienone is 3. The van der Waals surface area contributed by atoms with Gasteiger partial charge in [0.2, 0.25) is 0 Å². The number of rotatable bonds is 7. The van der Waals surface area contributed by atoms with Gasteiger partial charge in [0.1, 0.15) is 6.10 Å².